The third-order valence-electron chi connectivity index (χ3n) is 8.59. The van der Waals surface area contributed by atoms with E-state index in [9.17, 15) is 0 Å². The summed E-state index contributed by atoms with van der Waals surface area (Å²) in [5, 5.41) is 9.20. The van der Waals surface area contributed by atoms with Crippen LogP contribution in [0, 0.1) is 11.8 Å². The maximum Gasteiger partial charge on any atom is 0.167 e. The van der Waals surface area contributed by atoms with Crippen LogP contribution >= 0.6 is 12.2 Å². The molecule has 1 saturated carbocycles. The van der Waals surface area contributed by atoms with Crippen molar-refractivity contribution in [3.63, 3.8) is 0 Å². The quantitative estimate of drug-likeness (QED) is 0.536. The number of thiocarbonyl (C=S) groups is 1. The van der Waals surface area contributed by atoms with Crippen LogP contribution in [0.3, 0.4) is 0 Å². The second-order valence-electron chi connectivity index (χ2n) is 10.4. The second kappa shape index (κ2) is 10.3. The summed E-state index contributed by atoms with van der Waals surface area (Å²) in [5.41, 5.74) is 8.65. The number of pyridine rings is 1. The Labute approximate surface area is 209 Å². The van der Waals surface area contributed by atoms with Crippen LogP contribution in [-0.2, 0) is 0 Å². The summed E-state index contributed by atoms with van der Waals surface area (Å²) in [7, 11) is 1.72. The minimum absolute atomic E-state index is 0.0815. The van der Waals surface area contributed by atoms with E-state index in [1.54, 1.807) is 7.11 Å². The van der Waals surface area contributed by atoms with Crippen LogP contribution in [0.5, 0.6) is 5.75 Å². The number of hydrogen-bond acceptors (Lipinski definition) is 5. The molecule has 0 amide bonds. The number of hydrogen-bond donors (Lipinski definition) is 3. The van der Waals surface area contributed by atoms with Gasteiger partial charge in [-0.1, -0.05) is 26.2 Å². The summed E-state index contributed by atoms with van der Waals surface area (Å²) in [4.78, 5) is 7.34. The molecular weight excluding hydrogens is 442 g/mol. The van der Waals surface area contributed by atoms with Gasteiger partial charge in [0.1, 0.15) is 5.75 Å². The van der Waals surface area contributed by atoms with Crippen LogP contribution in [0.4, 0.5) is 0 Å². The van der Waals surface area contributed by atoms with Crippen molar-refractivity contribution in [1.82, 2.24) is 20.5 Å². The van der Waals surface area contributed by atoms with Gasteiger partial charge in [0.2, 0.25) is 0 Å². The molecule has 7 atom stereocenters. The maximum absolute atomic E-state index is 6.42. The van der Waals surface area contributed by atoms with Crippen molar-refractivity contribution in [3.05, 3.63) is 36.0 Å². The lowest BCUT2D eigenvalue weighted by Crippen LogP contribution is -2.59. The van der Waals surface area contributed by atoms with Gasteiger partial charge in [0.15, 0.2) is 5.11 Å². The smallest absolute Gasteiger partial charge is 0.167 e. The molecule has 1 aliphatic carbocycles. The average molecular weight is 482 g/mol. The third kappa shape index (κ3) is 4.75. The molecule has 4 N–H and O–H groups in total. The zero-order valence-corrected chi connectivity index (χ0v) is 21.3. The fraction of sp³-hybridized carbons (Fsp3) is 0.630. The van der Waals surface area contributed by atoms with Gasteiger partial charge < -0.3 is 21.1 Å². The molecule has 0 spiro atoms. The highest BCUT2D eigenvalue weighted by molar-refractivity contribution is 7.80. The summed E-state index contributed by atoms with van der Waals surface area (Å²) in [6.45, 7) is 4.69. The number of piperidine rings is 3. The molecule has 4 fully saturated rings. The number of rotatable bonds is 6. The van der Waals surface area contributed by atoms with Gasteiger partial charge in [-0.25, -0.2) is 0 Å². The molecule has 6 rings (SSSR count). The Balaban J connectivity index is 1.47. The number of aromatic nitrogens is 1. The molecule has 0 radical (unpaired) electrons. The first-order valence-electron chi connectivity index (χ1n) is 13.1. The number of nitrogens with zero attached hydrogens (tertiary/aromatic N) is 2. The van der Waals surface area contributed by atoms with Gasteiger partial charge in [-0.3, -0.25) is 9.88 Å². The molecule has 1 aromatic heterocycles. The van der Waals surface area contributed by atoms with Gasteiger partial charge in [-0.15, -0.1) is 0 Å². The topological polar surface area (TPSA) is 75.4 Å². The fourth-order valence-electron chi connectivity index (χ4n) is 6.61. The van der Waals surface area contributed by atoms with Gasteiger partial charge >= 0.3 is 0 Å². The molecule has 184 valence electrons. The van der Waals surface area contributed by atoms with Crippen molar-refractivity contribution in [3.8, 4) is 5.75 Å². The molecule has 2 aromatic rings. The second-order valence-corrected chi connectivity index (χ2v) is 10.9. The van der Waals surface area contributed by atoms with E-state index in [4.69, 9.17) is 22.7 Å². The van der Waals surface area contributed by atoms with E-state index in [1.807, 2.05) is 18.3 Å². The van der Waals surface area contributed by atoms with E-state index >= 15 is 0 Å². The average Bonchev–Trinajstić information content (AvgIpc) is 2.88. The van der Waals surface area contributed by atoms with E-state index < -0.39 is 0 Å². The molecule has 6 nitrogen and oxygen atoms in total. The van der Waals surface area contributed by atoms with Crippen LogP contribution < -0.4 is 21.1 Å². The monoisotopic (exact) mass is 481 g/mol. The molecule has 34 heavy (non-hydrogen) atoms. The lowest BCUT2D eigenvalue weighted by molar-refractivity contribution is -0.0134. The van der Waals surface area contributed by atoms with Crippen molar-refractivity contribution in [1.29, 1.82) is 0 Å². The predicted molar refractivity (Wildman–Crippen MR) is 142 cm³/mol. The number of nitrogens with one attached hydrogen (secondary N) is 2. The highest BCUT2D eigenvalue weighted by Gasteiger charge is 2.43. The SMILES string of the molecule is CCC1CN2CCC1C[C@@H]2[C@H](NC(=S)N[C@@H]1CCCC[C@H]1N)c1ccnc2ccc(OC)cc12. The Morgan fingerprint density at radius 1 is 1.26 bits per heavy atom. The first-order chi connectivity index (χ1) is 16.6. The molecule has 3 aliphatic heterocycles. The Morgan fingerprint density at radius 2 is 2.12 bits per heavy atom. The van der Waals surface area contributed by atoms with Crippen LogP contribution in [0.1, 0.15) is 63.5 Å². The van der Waals surface area contributed by atoms with Crippen LogP contribution in [0.25, 0.3) is 10.9 Å². The van der Waals surface area contributed by atoms with Gasteiger partial charge in [0.05, 0.1) is 18.7 Å². The van der Waals surface area contributed by atoms with Gasteiger partial charge in [0.25, 0.3) is 0 Å². The largest absolute Gasteiger partial charge is 0.497 e. The number of methoxy groups -OCH3 is 1. The van der Waals surface area contributed by atoms with Crippen LogP contribution in [0.15, 0.2) is 30.5 Å². The summed E-state index contributed by atoms with van der Waals surface area (Å²) in [6.07, 6.45) is 10.3. The molecular formula is C27H39N5OS. The standard InChI is InChI=1S/C27H39N5OS/c1-3-17-16-32-13-11-18(17)14-25(32)26(31-27(34)30-24-7-5-4-6-22(24)28)20-10-12-29-23-9-8-19(33-2)15-21(20)23/h8-10,12,15,17-18,22,24-26H,3-7,11,13-14,16,28H2,1-2H3,(H2,30,31,34)/t17?,18?,22-,24-,25-,26-/m1/s1. The van der Waals surface area contributed by atoms with E-state index in [0.717, 1.165) is 46.4 Å². The minimum atomic E-state index is 0.0815. The van der Waals surface area contributed by atoms with Crippen molar-refractivity contribution in [2.75, 3.05) is 20.2 Å². The van der Waals surface area contributed by atoms with E-state index in [0.29, 0.717) is 6.04 Å². The first-order valence-corrected chi connectivity index (χ1v) is 13.5. The van der Waals surface area contributed by atoms with Crippen molar-refractivity contribution >= 4 is 28.2 Å². The zero-order valence-electron chi connectivity index (χ0n) is 20.5. The highest BCUT2D eigenvalue weighted by atomic mass is 32.1. The summed E-state index contributed by atoms with van der Waals surface area (Å²) in [6, 6.07) is 9.20. The van der Waals surface area contributed by atoms with Gasteiger partial charge in [-0.2, -0.15) is 0 Å². The predicted octanol–water partition coefficient (Wildman–Crippen LogP) is 4.14. The van der Waals surface area contributed by atoms with E-state index in [1.165, 1.54) is 50.8 Å². The minimum Gasteiger partial charge on any atom is -0.497 e. The van der Waals surface area contributed by atoms with E-state index in [2.05, 4.69) is 39.6 Å². The highest BCUT2D eigenvalue weighted by Crippen LogP contribution is 2.43. The molecule has 2 bridgehead atoms. The molecule has 4 heterocycles. The van der Waals surface area contributed by atoms with Crippen molar-refractivity contribution in [2.45, 2.75) is 76.0 Å². The van der Waals surface area contributed by atoms with Gasteiger partial charge in [-0.05, 0) is 86.1 Å². The Kier molecular flexibility index (Phi) is 7.23. The van der Waals surface area contributed by atoms with Crippen molar-refractivity contribution in [2.24, 2.45) is 17.6 Å². The summed E-state index contributed by atoms with van der Waals surface area (Å²) < 4.78 is 5.56. The normalized spacial score (nSPS) is 31.7. The molecule has 7 heteroatoms. The first kappa shape index (κ1) is 23.8. The molecule has 3 unspecified atom stereocenters. The lowest BCUT2D eigenvalue weighted by atomic mass is 9.72. The fourth-order valence-corrected chi connectivity index (χ4v) is 6.88. The molecule has 1 aromatic carbocycles. The van der Waals surface area contributed by atoms with Crippen LogP contribution in [-0.4, -0.2) is 53.3 Å². The summed E-state index contributed by atoms with van der Waals surface area (Å²) in [5.74, 6) is 2.45. The Bertz CT molecular complexity index is 1020. The number of fused-ring (bicyclic) bond motifs is 4. The van der Waals surface area contributed by atoms with Crippen LogP contribution in [0.2, 0.25) is 0 Å². The Hall–Kier alpha value is -1.96. The number of nitrogens with two attached hydrogens (primary N) is 1. The number of ether oxygens (including phenoxy) is 1. The number of benzene rings is 1. The third-order valence-corrected chi connectivity index (χ3v) is 8.82. The van der Waals surface area contributed by atoms with Crippen molar-refractivity contribution < 1.29 is 4.74 Å². The molecule has 4 aliphatic rings. The van der Waals surface area contributed by atoms with E-state index in [-0.39, 0.29) is 18.1 Å². The lowest BCUT2D eigenvalue weighted by Gasteiger charge is -2.52. The zero-order chi connectivity index (χ0) is 23.7. The van der Waals surface area contributed by atoms with Gasteiger partial charge in [0, 0.05) is 36.3 Å². The molecule has 3 saturated heterocycles. The Morgan fingerprint density at radius 3 is 2.85 bits per heavy atom. The maximum atomic E-state index is 6.42. The summed E-state index contributed by atoms with van der Waals surface area (Å²) >= 11 is 5.90.